The lowest BCUT2D eigenvalue weighted by atomic mass is 10.0. The van der Waals surface area contributed by atoms with E-state index in [-0.39, 0.29) is 12.5 Å². The molecule has 0 bridgehead atoms. The van der Waals surface area contributed by atoms with Crippen LogP contribution < -0.4 is 10.6 Å². The van der Waals surface area contributed by atoms with Gasteiger partial charge >= 0.3 is 0 Å². The molecule has 100 valence electrons. The molecule has 1 saturated heterocycles. The number of aliphatic hydroxyl groups excluding tert-OH is 1. The Kier molecular flexibility index (Phi) is 6.30. The minimum atomic E-state index is -0.467. The number of aliphatic hydroxyl groups is 1. The van der Waals surface area contributed by atoms with E-state index in [9.17, 15) is 9.90 Å². The number of carbonyl (C=O) groups excluding carboxylic acids is 1. The zero-order valence-electron chi connectivity index (χ0n) is 10.8. The van der Waals surface area contributed by atoms with E-state index < -0.39 is 5.54 Å². The van der Waals surface area contributed by atoms with Crippen molar-refractivity contribution in [3.05, 3.63) is 0 Å². The van der Waals surface area contributed by atoms with E-state index >= 15 is 0 Å². The zero-order valence-corrected chi connectivity index (χ0v) is 11.6. The van der Waals surface area contributed by atoms with E-state index in [0.29, 0.717) is 11.0 Å². The van der Waals surface area contributed by atoms with Crippen LogP contribution in [0.3, 0.4) is 0 Å². The third-order valence-corrected chi connectivity index (χ3v) is 4.68. The van der Waals surface area contributed by atoms with Crippen LogP contribution in [0.4, 0.5) is 0 Å². The van der Waals surface area contributed by atoms with Crippen LogP contribution in [0.2, 0.25) is 0 Å². The predicted octanol–water partition coefficient (Wildman–Crippen LogP) is 0.749. The quantitative estimate of drug-likeness (QED) is 0.659. The molecule has 0 aromatic carbocycles. The van der Waals surface area contributed by atoms with Crippen molar-refractivity contribution in [3.63, 3.8) is 0 Å². The Balaban J connectivity index is 2.24. The maximum Gasteiger partial charge on any atom is 0.230 e. The topological polar surface area (TPSA) is 61.4 Å². The highest BCUT2D eigenvalue weighted by Crippen LogP contribution is 2.20. The molecule has 1 amide bonds. The maximum absolute atomic E-state index is 11.8. The Labute approximate surface area is 108 Å². The third kappa shape index (κ3) is 5.27. The summed E-state index contributed by atoms with van der Waals surface area (Å²) < 4.78 is 0. The second kappa shape index (κ2) is 7.24. The second-order valence-electron chi connectivity index (χ2n) is 4.88. The van der Waals surface area contributed by atoms with Crippen LogP contribution in [0.1, 0.15) is 33.1 Å². The molecule has 1 atom stereocenters. The molecule has 0 aliphatic carbocycles. The van der Waals surface area contributed by atoms with Crippen molar-refractivity contribution in [2.24, 2.45) is 0 Å². The van der Waals surface area contributed by atoms with Crippen LogP contribution in [0.25, 0.3) is 0 Å². The van der Waals surface area contributed by atoms with E-state index in [1.807, 2.05) is 13.8 Å². The van der Waals surface area contributed by atoms with Gasteiger partial charge in [0.25, 0.3) is 0 Å². The van der Waals surface area contributed by atoms with Gasteiger partial charge < -0.3 is 15.7 Å². The molecule has 0 radical (unpaired) electrons. The minimum absolute atomic E-state index is 0.00669. The average Bonchev–Trinajstić information content (AvgIpc) is 2.37. The van der Waals surface area contributed by atoms with Crippen LogP contribution in [-0.2, 0) is 4.79 Å². The molecule has 0 saturated carbocycles. The molecule has 1 heterocycles. The van der Waals surface area contributed by atoms with Crippen molar-refractivity contribution >= 4 is 17.7 Å². The smallest absolute Gasteiger partial charge is 0.230 e. The normalized spacial score (nSPS) is 20.9. The van der Waals surface area contributed by atoms with Gasteiger partial charge in [-0.25, -0.2) is 0 Å². The Hall–Kier alpha value is -0.260. The summed E-state index contributed by atoms with van der Waals surface area (Å²) in [6.45, 7) is 5.95. The van der Waals surface area contributed by atoms with Crippen molar-refractivity contribution in [2.45, 2.75) is 43.9 Å². The number of nitrogens with one attached hydrogen (secondary N) is 2. The zero-order chi connectivity index (χ0) is 12.7. The highest BCUT2D eigenvalue weighted by atomic mass is 32.2. The highest BCUT2D eigenvalue weighted by molar-refractivity contribution is 8.00. The fourth-order valence-electron chi connectivity index (χ4n) is 1.77. The number of amides is 1. The molecule has 1 aliphatic heterocycles. The lowest BCUT2D eigenvalue weighted by Gasteiger charge is -2.28. The SMILES string of the molecule is CCC(C)(CO)NC(=O)CSC1CCNCC1. The Morgan fingerprint density at radius 2 is 2.18 bits per heavy atom. The van der Waals surface area contributed by atoms with Crippen LogP contribution in [0.5, 0.6) is 0 Å². The summed E-state index contributed by atoms with van der Waals surface area (Å²) in [5.41, 5.74) is -0.467. The Morgan fingerprint density at radius 1 is 1.53 bits per heavy atom. The van der Waals surface area contributed by atoms with Crippen molar-refractivity contribution in [3.8, 4) is 0 Å². The molecular formula is C12H24N2O2S. The van der Waals surface area contributed by atoms with Crippen LogP contribution in [0, 0.1) is 0 Å². The fourth-order valence-corrected chi connectivity index (χ4v) is 2.80. The third-order valence-electron chi connectivity index (χ3n) is 3.31. The molecule has 17 heavy (non-hydrogen) atoms. The Morgan fingerprint density at radius 3 is 2.71 bits per heavy atom. The standard InChI is InChI=1S/C12H24N2O2S/c1-3-12(2,9-15)14-11(16)8-17-10-4-6-13-7-5-10/h10,13,15H,3-9H2,1-2H3,(H,14,16). The van der Waals surface area contributed by atoms with Crippen molar-refractivity contribution in [1.82, 2.24) is 10.6 Å². The van der Waals surface area contributed by atoms with Gasteiger partial charge in [-0.3, -0.25) is 4.79 Å². The number of thioether (sulfide) groups is 1. The van der Waals surface area contributed by atoms with Crippen molar-refractivity contribution < 1.29 is 9.90 Å². The second-order valence-corrected chi connectivity index (χ2v) is 6.17. The number of hydrogen-bond acceptors (Lipinski definition) is 4. The monoisotopic (exact) mass is 260 g/mol. The first-order valence-corrected chi connectivity index (χ1v) is 7.38. The van der Waals surface area contributed by atoms with E-state index in [4.69, 9.17) is 0 Å². The van der Waals surface area contributed by atoms with E-state index in [1.165, 1.54) is 0 Å². The lowest BCUT2D eigenvalue weighted by Crippen LogP contribution is -2.49. The van der Waals surface area contributed by atoms with E-state index in [1.54, 1.807) is 11.8 Å². The molecule has 5 heteroatoms. The van der Waals surface area contributed by atoms with Crippen LogP contribution >= 0.6 is 11.8 Å². The van der Waals surface area contributed by atoms with Crippen molar-refractivity contribution in [1.29, 1.82) is 0 Å². The summed E-state index contributed by atoms with van der Waals surface area (Å²) in [5, 5.41) is 16.0. The van der Waals surface area contributed by atoms with Crippen LogP contribution in [-0.4, -0.2) is 47.3 Å². The van der Waals surface area contributed by atoms with Gasteiger partial charge in [-0.15, -0.1) is 11.8 Å². The summed E-state index contributed by atoms with van der Waals surface area (Å²) in [6.07, 6.45) is 3.03. The molecule has 0 aromatic heterocycles. The first-order valence-electron chi connectivity index (χ1n) is 6.34. The molecule has 0 aromatic rings. The molecule has 1 rings (SSSR count). The Bertz CT molecular complexity index is 239. The summed E-state index contributed by atoms with van der Waals surface area (Å²) in [7, 11) is 0. The maximum atomic E-state index is 11.8. The molecule has 1 unspecified atom stereocenters. The van der Waals surface area contributed by atoms with Gasteiger partial charge in [0.1, 0.15) is 0 Å². The first kappa shape index (κ1) is 14.8. The summed E-state index contributed by atoms with van der Waals surface area (Å²) in [5.74, 6) is 0.534. The summed E-state index contributed by atoms with van der Waals surface area (Å²) in [4.78, 5) is 11.8. The van der Waals surface area contributed by atoms with E-state index in [0.717, 1.165) is 32.4 Å². The molecule has 1 fully saturated rings. The molecule has 3 N–H and O–H groups in total. The predicted molar refractivity (Wildman–Crippen MR) is 72.3 cm³/mol. The molecule has 1 aliphatic rings. The molecular weight excluding hydrogens is 236 g/mol. The number of carbonyl (C=O) groups is 1. The largest absolute Gasteiger partial charge is 0.394 e. The molecule has 0 spiro atoms. The van der Waals surface area contributed by atoms with Gasteiger partial charge in [-0.1, -0.05) is 6.92 Å². The summed E-state index contributed by atoms with van der Waals surface area (Å²) >= 11 is 1.73. The number of rotatable bonds is 6. The number of piperidine rings is 1. The first-order chi connectivity index (χ1) is 8.09. The van der Waals surface area contributed by atoms with Gasteiger partial charge in [0.15, 0.2) is 0 Å². The molecule has 4 nitrogen and oxygen atoms in total. The van der Waals surface area contributed by atoms with E-state index in [2.05, 4.69) is 10.6 Å². The van der Waals surface area contributed by atoms with Gasteiger partial charge in [0.05, 0.1) is 17.9 Å². The van der Waals surface area contributed by atoms with Gasteiger partial charge in [-0.05, 0) is 39.3 Å². The lowest BCUT2D eigenvalue weighted by molar-refractivity contribution is -0.120. The highest BCUT2D eigenvalue weighted by Gasteiger charge is 2.23. The number of hydrogen-bond donors (Lipinski definition) is 3. The van der Waals surface area contributed by atoms with Crippen LogP contribution in [0.15, 0.2) is 0 Å². The van der Waals surface area contributed by atoms with Gasteiger partial charge in [-0.2, -0.15) is 0 Å². The van der Waals surface area contributed by atoms with Gasteiger partial charge in [0.2, 0.25) is 5.91 Å². The van der Waals surface area contributed by atoms with Gasteiger partial charge in [0, 0.05) is 5.25 Å². The average molecular weight is 260 g/mol. The fraction of sp³-hybridized carbons (Fsp3) is 0.917. The summed E-state index contributed by atoms with van der Waals surface area (Å²) in [6, 6.07) is 0. The minimum Gasteiger partial charge on any atom is -0.394 e. The van der Waals surface area contributed by atoms with Crippen molar-refractivity contribution in [2.75, 3.05) is 25.4 Å².